The van der Waals surface area contributed by atoms with Crippen LogP contribution >= 0.6 is 0 Å². The molecule has 0 aliphatic heterocycles. The highest BCUT2D eigenvalue weighted by Crippen LogP contribution is 2.30. The highest BCUT2D eigenvalue weighted by molar-refractivity contribution is 5.43. The molecule has 0 saturated carbocycles. The van der Waals surface area contributed by atoms with Gasteiger partial charge in [-0.05, 0) is 18.5 Å². The van der Waals surface area contributed by atoms with E-state index in [0.717, 1.165) is 12.0 Å². The van der Waals surface area contributed by atoms with Crippen LogP contribution in [0.4, 0.5) is 0 Å². The third kappa shape index (κ3) is 3.61. The lowest BCUT2D eigenvalue weighted by atomic mass is 10.2. The van der Waals surface area contributed by atoms with E-state index in [1.807, 2.05) is 12.1 Å². The maximum atomic E-state index is 5.69. The lowest BCUT2D eigenvalue weighted by molar-refractivity contribution is 0.385. The quantitative estimate of drug-likeness (QED) is 0.876. The number of aromatic nitrogens is 1. The molecule has 0 atom stereocenters. The van der Waals surface area contributed by atoms with Crippen LogP contribution in [0.25, 0.3) is 0 Å². The number of pyridine rings is 1. The van der Waals surface area contributed by atoms with E-state index >= 15 is 0 Å². The Bertz CT molecular complexity index is 533. The summed E-state index contributed by atoms with van der Waals surface area (Å²) >= 11 is 0. The van der Waals surface area contributed by atoms with Crippen molar-refractivity contribution in [2.45, 2.75) is 6.42 Å². The van der Waals surface area contributed by atoms with Crippen molar-refractivity contribution >= 4 is 0 Å². The maximum Gasteiger partial charge on any atom is 0.219 e. The van der Waals surface area contributed by atoms with Gasteiger partial charge in [-0.1, -0.05) is 6.07 Å². The zero-order valence-corrected chi connectivity index (χ0v) is 11.6. The van der Waals surface area contributed by atoms with Crippen LogP contribution in [-0.2, 0) is 6.42 Å². The van der Waals surface area contributed by atoms with Crippen LogP contribution in [0.1, 0.15) is 5.56 Å². The molecule has 20 heavy (non-hydrogen) atoms. The standard InChI is InChI=1S/C15H18N2O3/c1-18-12-7-13(19-2)9-14(8-12)20-15-4-3-11(5-6-16)10-17-15/h3-4,7-10H,5-6,16H2,1-2H3. The summed E-state index contributed by atoms with van der Waals surface area (Å²) in [5.41, 5.74) is 6.59. The number of nitrogens with two attached hydrogens (primary N) is 1. The second-order valence-electron chi connectivity index (χ2n) is 4.19. The van der Waals surface area contributed by atoms with E-state index in [4.69, 9.17) is 19.9 Å². The van der Waals surface area contributed by atoms with E-state index in [9.17, 15) is 0 Å². The Morgan fingerprint density at radius 3 is 2.15 bits per heavy atom. The minimum atomic E-state index is 0.515. The van der Waals surface area contributed by atoms with Gasteiger partial charge in [0.1, 0.15) is 17.2 Å². The number of methoxy groups -OCH3 is 2. The Labute approximate surface area is 118 Å². The normalized spacial score (nSPS) is 10.2. The second kappa shape index (κ2) is 6.77. The first-order valence-corrected chi connectivity index (χ1v) is 6.31. The molecule has 0 bridgehead atoms. The molecule has 0 aliphatic carbocycles. The van der Waals surface area contributed by atoms with Gasteiger partial charge in [0.2, 0.25) is 5.88 Å². The van der Waals surface area contributed by atoms with Gasteiger partial charge >= 0.3 is 0 Å². The van der Waals surface area contributed by atoms with Crippen LogP contribution in [0, 0.1) is 0 Å². The van der Waals surface area contributed by atoms with Crippen molar-refractivity contribution < 1.29 is 14.2 Å². The minimum Gasteiger partial charge on any atom is -0.496 e. The summed E-state index contributed by atoms with van der Waals surface area (Å²) in [6, 6.07) is 9.10. The molecule has 0 unspecified atom stereocenters. The summed E-state index contributed by atoms with van der Waals surface area (Å²) in [4.78, 5) is 4.24. The molecule has 5 nitrogen and oxygen atoms in total. The number of ether oxygens (including phenoxy) is 3. The van der Waals surface area contributed by atoms with Gasteiger partial charge in [0.15, 0.2) is 0 Å². The molecule has 0 aliphatic rings. The van der Waals surface area contributed by atoms with E-state index in [1.165, 1.54) is 0 Å². The zero-order chi connectivity index (χ0) is 14.4. The van der Waals surface area contributed by atoms with Crippen LogP contribution < -0.4 is 19.9 Å². The summed E-state index contributed by atoms with van der Waals surface area (Å²) in [5.74, 6) is 2.46. The van der Waals surface area contributed by atoms with Crippen molar-refractivity contribution in [2.75, 3.05) is 20.8 Å². The van der Waals surface area contributed by atoms with Gasteiger partial charge in [-0.3, -0.25) is 0 Å². The van der Waals surface area contributed by atoms with Crippen LogP contribution in [-0.4, -0.2) is 25.7 Å². The minimum absolute atomic E-state index is 0.515. The van der Waals surface area contributed by atoms with Crippen molar-refractivity contribution in [3.8, 4) is 23.1 Å². The van der Waals surface area contributed by atoms with Gasteiger partial charge in [-0.2, -0.15) is 0 Å². The molecule has 0 amide bonds. The van der Waals surface area contributed by atoms with E-state index in [0.29, 0.717) is 29.7 Å². The fraction of sp³-hybridized carbons (Fsp3) is 0.267. The van der Waals surface area contributed by atoms with Crippen molar-refractivity contribution in [3.63, 3.8) is 0 Å². The molecule has 1 heterocycles. The predicted molar refractivity (Wildman–Crippen MR) is 76.6 cm³/mol. The van der Waals surface area contributed by atoms with E-state index in [-0.39, 0.29) is 0 Å². The molecular weight excluding hydrogens is 256 g/mol. The number of hydrogen-bond donors (Lipinski definition) is 1. The van der Waals surface area contributed by atoms with Gasteiger partial charge in [0.05, 0.1) is 14.2 Å². The summed E-state index contributed by atoms with van der Waals surface area (Å²) in [7, 11) is 3.19. The Morgan fingerprint density at radius 1 is 1.00 bits per heavy atom. The number of hydrogen-bond acceptors (Lipinski definition) is 5. The topological polar surface area (TPSA) is 66.6 Å². The SMILES string of the molecule is COc1cc(OC)cc(Oc2ccc(CCN)cn2)c1. The highest BCUT2D eigenvalue weighted by Gasteiger charge is 2.05. The maximum absolute atomic E-state index is 5.69. The molecule has 1 aromatic heterocycles. The first kappa shape index (κ1) is 14.1. The Kier molecular flexibility index (Phi) is 4.79. The lowest BCUT2D eigenvalue weighted by Crippen LogP contribution is -2.02. The smallest absolute Gasteiger partial charge is 0.219 e. The molecule has 2 N–H and O–H groups in total. The van der Waals surface area contributed by atoms with E-state index in [1.54, 1.807) is 38.6 Å². The molecule has 2 rings (SSSR count). The first-order valence-electron chi connectivity index (χ1n) is 6.31. The summed E-state index contributed by atoms with van der Waals surface area (Å²) < 4.78 is 16.1. The van der Waals surface area contributed by atoms with Gasteiger partial charge in [0.25, 0.3) is 0 Å². The number of rotatable bonds is 6. The van der Waals surface area contributed by atoms with Crippen LogP contribution in [0.15, 0.2) is 36.5 Å². The van der Waals surface area contributed by atoms with Gasteiger partial charge in [0, 0.05) is 30.5 Å². The van der Waals surface area contributed by atoms with Gasteiger partial charge in [-0.15, -0.1) is 0 Å². The Balaban J connectivity index is 2.16. The molecule has 0 saturated heterocycles. The van der Waals surface area contributed by atoms with Crippen molar-refractivity contribution in [1.82, 2.24) is 4.98 Å². The largest absolute Gasteiger partial charge is 0.496 e. The van der Waals surface area contributed by atoms with E-state index in [2.05, 4.69) is 4.98 Å². The summed E-state index contributed by atoms with van der Waals surface area (Å²) in [6.07, 6.45) is 2.57. The van der Waals surface area contributed by atoms with E-state index < -0.39 is 0 Å². The summed E-state index contributed by atoms with van der Waals surface area (Å²) in [5, 5.41) is 0. The van der Waals surface area contributed by atoms with Crippen LogP contribution in [0.5, 0.6) is 23.1 Å². The van der Waals surface area contributed by atoms with Crippen molar-refractivity contribution in [3.05, 3.63) is 42.1 Å². The molecule has 1 aromatic carbocycles. The Morgan fingerprint density at radius 2 is 1.65 bits per heavy atom. The average molecular weight is 274 g/mol. The molecule has 106 valence electrons. The second-order valence-corrected chi connectivity index (χ2v) is 4.19. The molecule has 0 spiro atoms. The zero-order valence-electron chi connectivity index (χ0n) is 11.6. The highest BCUT2D eigenvalue weighted by atomic mass is 16.5. The molecular formula is C15H18N2O3. The number of benzene rings is 1. The van der Waals surface area contributed by atoms with Crippen molar-refractivity contribution in [2.24, 2.45) is 5.73 Å². The molecule has 2 aromatic rings. The molecule has 5 heteroatoms. The third-order valence-corrected chi connectivity index (χ3v) is 2.78. The Hall–Kier alpha value is -2.27. The van der Waals surface area contributed by atoms with Gasteiger partial charge < -0.3 is 19.9 Å². The average Bonchev–Trinajstić information content (AvgIpc) is 2.49. The predicted octanol–water partition coefficient (Wildman–Crippen LogP) is 2.39. The lowest BCUT2D eigenvalue weighted by Gasteiger charge is -2.09. The van der Waals surface area contributed by atoms with Crippen LogP contribution in [0.2, 0.25) is 0 Å². The molecule has 0 fully saturated rings. The fourth-order valence-electron chi connectivity index (χ4n) is 1.75. The third-order valence-electron chi connectivity index (χ3n) is 2.78. The first-order chi connectivity index (χ1) is 9.75. The number of nitrogens with zero attached hydrogens (tertiary/aromatic N) is 1. The van der Waals surface area contributed by atoms with Crippen LogP contribution in [0.3, 0.4) is 0 Å². The molecule has 0 radical (unpaired) electrons. The monoisotopic (exact) mass is 274 g/mol. The van der Waals surface area contributed by atoms with Crippen molar-refractivity contribution in [1.29, 1.82) is 0 Å². The van der Waals surface area contributed by atoms with Gasteiger partial charge in [-0.25, -0.2) is 4.98 Å². The fourth-order valence-corrected chi connectivity index (χ4v) is 1.75. The summed E-state index contributed by atoms with van der Waals surface area (Å²) in [6.45, 7) is 0.606.